The summed E-state index contributed by atoms with van der Waals surface area (Å²) in [5, 5.41) is 13.7. The largest absolute Gasteiger partial charge is 0.417 e. The van der Waals surface area contributed by atoms with Crippen molar-refractivity contribution < 1.29 is 32.5 Å². The van der Waals surface area contributed by atoms with Crippen LogP contribution >= 0.6 is 11.3 Å². The molecular weight excluding hydrogens is 459 g/mol. The third-order valence-corrected chi connectivity index (χ3v) is 7.13. The Morgan fingerprint density at radius 3 is 2.70 bits per heavy atom. The maximum atomic E-state index is 13.8. The molecule has 0 aliphatic carbocycles. The summed E-state index contributed by atoms with van der Waals surface area (Å²) < 4.78 is 53.2. The van der Waals surface area contributed by atoms with Crippen molar-refractivity contribution >= 4 is 33.3 Å². The Bertz CT molecular complexity index is 1030. The molecule has 2 aliphatic heterocycles. The van der Waals surface area contributed by atoms with Crippen LogP contribution in [0.3, 0.4) is 0 Å². The highest BCUT2D eigenvalue weighted by molar-refractivity contribution is 7.17. The molecule has 0 saturated carbocycles. The van der Waals surface area contributed by atoms with Crippen LogP contribution in [-0.2, 0) is 15.7 Å². The molecule has 4 rings (SSSR count). The molecule has 182 valence electrons. The van der Waals surface area contributed by atoms with Gasteiger partial charge < -0.3 is 24.8 Å². The number of aromatic nitrogens is 1. The average molecular weight is 488 g/mol. The monoisotopic (exact) mass is 487 g/mol. The highest BCUT2D eigenvalue weighted by atomic mass is 32.1. The maximum Gasteiger partial charge on any atom is 0.417 e. The number of anilines is 1. The van der Waals surface area contributed by atoms with Gasteiger partial charge in [-0.1, -0.05) is 0 Å². The lowest BCUT2D eigenvalue weighted by Gasteiger charge is -2.39. The van der Waals surface area contributed by atoms with Crippen LogP contribution in [0, 0.1) is 0 Å². The number of nitrogens with zero attached hydrogens (tertiary/aromatic N) is 2. The minimum absolute atomic E-state index is 0.0377. The molecule has 2 aromatic rings. The molecule has 0 radical (unpaired) electrons. The Hall–Kier alpha value is -1.95. The Balaban J connectivity index is 1.53. The van der Waals surface area contributed by atoms with E-state index in [0.29, 0.717) is 39.0 Å². The van der Waals surface area contributed by atoms with Crippen molar-refractivity contribution in [2.24, 2.45) is 0 Å². The second-order valence-corrected chi connectivity index (χ2v) is 10.2. The maximum absolute atomic E-state index is 13.8. The zero-order chi connectivity index (χ0) is 24.0. The van der Waals surface area contributed by atoms with Gasteiger partial charge in [-0.25, -0.2) is 4.98 Å². The summed E-state index contributed by atoms with van der Waals surface area (Å²) in [6, 6.07) is 1.08. The molecule has 11 heteroatoms. The average Bonchev–Trinajstić information content (AvgIpc) is 3.35. The van der Waals surface area contributed by atoms with Crippen molar-refractivity contribution in [2.75, 3.05) is 38.3 Å². The van der Waals surface area contributed by atoms with E-state index in [1.54, 1.807) is 13.8 Å². The smallest absolute Gasteiger partial charge is 0.388 e. The fraction of sp³-hybridized carbons (Fsp3) is 0.636. The fourth-order valence-electron chi connectivity index (χ4n) is 4.39. The number of halogens is 3. The van der Waals surface area contributed by atoms with Gasteiger partial charge in [0.05, 0.1) is 51.9 Å². The van der Waals surface area contributed by atoms with E-state index in [9.17, 15) is 23.1 Å². The van der Waals surface area contributed by atoms with Gasteiger partial charge in [0.25, 0.3) is 5.91 Å². The molecular formula is C22H28F3N3O4S. The molecule has 2 saturated heterocycles. The second-order valence-electron chi connectivity index (χ2n) is 9.36. The highest BCUT2D eigenvalue weighted by Gasteiger charge is 2.44. The summed E-state index contributed by atoms with van der Waals surface area (Å²) >= 11 is 0.875. The minimum Gasteiger partial charge on any atom is -0.388 e. The molecule has 0 aromatic carbocycles. The SMILES string of the molecule is CNC(=O)c1csc2c(C(F)(F)F)cc(N3CCC4(CC3)CC(OCC(C)(C)O)CO4)nc12. The first-order valence-corrected chi connectivity index (χ1v) is 11.7. The van der Waals surface area contributed by atoms with E-state index < -0.39 is 23.2 Å². The van der Waals surface area contributed by atoms with E-state index in [2.05, 4.69) is 10.3 Å². The molecule has 7 nitrogen and oxygen atoms in total. The molecule has 2 aliphatic rings. The Labute approximate surface area is 193 Å². The van der Waals surface area contributed by atoms with E-state index in [0.717, 1.165) is 17.4 Å². The van der Waals surface area contributed by atoms with Gasteiger partial charge in [0, 0.05) is 31.9 Å². The van der Waals surface area contributed by atoms with Gasteiger partial charge in [-0.15, -0.1) is 11.3 Å². The number of ether oxygens (including phenoxy) is 2. The number of pyridine rings is 1. The normalized spacial score (nSPS) is 21.2. The Kier molecular flexibility index (Phi) is 6.36. The third-order valence-electron chi connectivity index (χ3n) is 6.13. The van der Waals surface area contributed by atoms with E-state index in [1.807, 2.05) is 4.90 Å². The zero-order valence-electron chi connectivity index (χ0n) is 18.8. The number of fused-ring (bicyclic) bond motifs is 1. The number of piperidine rings is 1. The first-order valence-electron chi connectivity index (χ1n) is 10.9. The van der Waals surface area contributed by atoms with Gasteiger partial charge >= 0.3 is 6.18 Å². The quantitative estimate of drug-likeness (QED) is 0.671. The third kappa shape index (κ3) is 5.11. The number of rotatable bonds is 5. The predicted molar refractivity (Wildman–Crippen MR) is 119 cm³/mol. The first kappa shape index (κ1) is 24.2. The van der Waals surface area contributed by atoms with Gasteiger partial charge in [-0.2, -0.15) is 13.2 Å². The zero-order valence-corrected chi connectivity index (χ0v) is 19.6. The number of thiophene rings is 1. The lowest BCUT2D eigenvalue weighted by molar-refractivity contribution is -0.136. The molecule has 2 aromatic heterocycles. The first-order chi connectivity index (χ1) is 15.4. The fourth-order valence-corrected chi connectivity index (χ4v) is 5.41. The van der Waals surface area contributed by atoms with Crippen LogP contribution in [0.2, 0.25) is 0 Å². The lowest BCUT2D eigenvalue weighted by atomic mass is 9.88. The van der Waals surface area contributed by atoms with Gasteiger partial charge in [-0.05, 0) is 32.8 Å². The molecule has 2 fully saturated rings. The van der Waals surface area contributed by atoms with E-state index in [-0.39, 0.29) is 39.9 Å². The molecule has 1 amide bonds. The van der Waals surface area contributed by atoms with Crippen molar-refractivity contribution in [3.05, 3.63) is 22.6 Å². The standard InChI is InChI=1S/C22H28F3N3O4S/c1-20(2,30)12-31-13-9-21(32-10-13)4-6-28(7-5-21)16-8-15(22(23,24)25)18-17(27-16)14(11-33-18)19(29)26-3/h8,11,13,30H,4-7,9-10,12H2,1-3H3,(H,26,29). The highest BCUT2D eigenvalue weighted by Crippen LogP contribution is 2.42. The van der Waals surface area contributed by atoms with Crippen LogP contribution < -0.4 is 10.2 Å². The number of aliphatic hydroxyl groups is 1. The number of hydrogen-bond donors (Lipinski definition) is 2. The topological polar surface area (TPSA) is 83.9 Å². The number of carbonyl (C=O) groups excluding carboxylic acids is 1. The molecule has 1 unspecified atom stereocenters. The molecule has 1 spiro atoms. The summed E-state index contributed by atoms with van der Waals surface area (Å²) in [7, 11) is 1.44. The number of hydrogen-bond acceptors (Lipinski definition) is 7. The van der Waals surface area contributed by atoms with Crippen molar-refractivity contribution in [3.63, 3.8) is 0 Å². The van der Waals surface area contributed by atoms with Crippen LogP contribution in [0.25, 0.3) is 10.2 Å². The molecule has 0 bridgehead atoms. The summed E-state index contributed by atoms with van der Waals surface area (Å²) in [5.41, 5.74) is -1.87. The van der Waals surface area contributed by atoms with Crippen LogP contribution in [0.15, 0.2) is 11.4 Å². The van der Waals surface area contributed by atoms with Crippen molar-refractivity contribution in [1.29, 1.82) is 0 Å². The van der Waals surface area contributed by atoms with Crippen LogP contribution in [0.5, 0.6) is 0 Å². The van der Waals surface area contributed by atoms with Gasteiger partial charge in [0.15, 0.2) is 0 Å². The van der Waals surface area contributed by atoms with Crippen molar-refractivity contribution in [3.8, 4) is 0 Å². The number of nitrogens with one attached hydrogen (secondary N) is 1. The summed E-state index contributed by atoms with van der Waals surface area (Å²) in [6.07, 6.45) is -2.74. The predicted octanol–water partition coefficient (Wildman–Crippen LogP) is 3.59. The lowest BCUT2D eigenvalue weighted by Crippen LogP contribution is -2.44. The van der Waals surface area contributed by atoms with E-state index in [1.165, 1.54) is 12.4 Å². The molecule has 1 atom stereocenters. The number of amides is 1. The van der Waals surface area contributed by atoms with Crippen molar-refractivity contribution in [2.45, 2.75) is 56.6 Å². The van der Waals surface area contributed by atoms with Gasteiger partial charge in [0.2, 0.25) is 0 Å². The van der Waals surface area contributed by atoms with Crippen LogP contribution in [0.1, 0.15) is 49.0 Å². The summed E-state index contributed by atoms with van der Waals surface area (Å²) in [4.78, 5) is 18.5. The van der Waals surface area contributed by atoms with Crippen molar-refractivity contribution in [1.82, 2.24) is 10.3 Å². The Morgan fingerprint density at radius 1 is 1.39 bits per heavy atom. The van der Waals surface area contributed by atoms with Crippen LogP contribution in [0.4, 0.5) is 19.0 Å². The number of carbonyl (C=O) groups is 1. The van der Waals surface area contributed by atoms with E-state index in [4.69, 9.17) is 9.47 Å². The van der Waals surface area contributed by atoms with Crippen LogP contribution in [-0.4, -0.2) is 66.7 Å². The minimum atomic E-state index is -4.56. The summed E-state index contributed by atoms with van der Waals surface area (Å²) in [6.45, 7) is 4.96. The summed E-state index contributed by atoms with van der Waals surface area (Å²) in [5.74, 6) is -0.255. The van der Waals surface area contributed by atoms with Gasteiger partial charge in [-0.3, -0.25) is 4.79 Å². The second kappa shape index (κ2) is 8.68. The molecule has 2 N–H and O–H groups in total. The number of alkyl halides is 3. The van der Waals surface area contributed by atoms with E-state index >= 15 is 0 Å². The molecule has 4 heterocycles. The van der Waals surface area contributed by atoms with Gasteiger partial charge in [0.1, 0.15) is 5.82 Å². The molecule has 33 heavy (non-hydrogen) atoms. The Morgan fingerprint density at radius 2 is 2.09 bits per heavy atom.